The van der Waals surface area contributed by atoms with Crippen molar-refractivity contribution < 1.29 is 14.6 Å². The van der Waals surface area contributed by atoms with E-state index in [1.807, 2.05) is 84.9 Å². The summed E-state index contributed by atoms with van der Waals surface area (Å²) < 4.78 is 5.27. The molecule has 1 N–H and O–H groups in total. The normalized spacial score (nSPS) is 19.5. The van der Waals surface area contributed by atoms with Crippen molar-refractivity contribution in [3.05, 3.63) is 96.1 Å². The fraction of sp³-hybridized carbons (Fsp3) is 0.240. The number of ether oxygens (including phenoxy) is 1. The molecular weight excluding hydrogens is 362 g/mol. The maximum atomic E-state index is 13.1. The van der Waals surface area contributed by atoms with Crippen LogP contribution in [0.1, 0.15) is 23.6 Å². The second-order valence-electron chi connectivity index (χ2n) is 7.38. The highest BCUT2D eigenvalue weighted by molar-refractivity contribution is 6.03. The van der Waals surface area contributed by atoms with E-state index in [1.165, 1.54) is 5.56 Å². The predicted octanol–water partition coefficient (Wildman–Crippen LogP) is 4.39. The van der Waals surface area contributed by atoms with Crippen LogP contribution in [0.2, 0.25) is 0 Å². The molecule has 4 rings (SSSR count). The number of aliphatic hydroxyl groups is 1. The fourth-order valence-electron chi connectivity index (χ4n) is 4.06. The van der Waals surface area contributed by atoms with Crippen LogP contribution in [0.25, 0.3) is 0 Å². The Hall–Kier alpha value is -3.11. The summed E-state index contributed by atoms with van der Waals surface area (Å²) in [7, 11) is 1.63. The number of aliphatic hydroxyl groups excluding tert-OH is 1. The molecule has 1 aliphatic heterocycles. The average molecular weight is 387 g/mol. The van der Waals surface area contributed by atoms with Gasteiger partial charge in [-0.05, 0) is 48.2 Å². The third-order valence-electron chi connectivity index (χ3n) is 5.62. The second-order valence-corrected chi connectivity index (χ2v) is 7.38. The van der Waals surface area contributed by atoms with Crippen LogP contribution in [0, 0.1) is 5.92 Å². The fourth-order valence-corrected chi connectivity index (χ4v) is 4.06. The van der Waals surface area contributed by atoms with Gasteiger partial charge in [0.2, 0.25) is 5.91 Å². The molecule has 0 bridgehead atoms. The first kappa shape index (κ1) is 19.2. The van der Waals surface area contributed by atoms with Crippen LogP contribution >= 0.6 is 0 Å². The predicted molar refractivity (Wildman–Crippen MR) is 114 cm³/mol. The lowest BCUT2D eigenvalue weighted by atomic mass is 9.76. The standard InChI is InChI=1S/C25H25NO3/c1-29-21-15-13-19(14-16-21)24-23(22(27)17-12-18-8-4-2-5-9-18)25(28)26(24)20-10-6-3-7-11-20/h2-11,13-16,22-24,27H,12,17H2,1H3/t22-,23+,24-/m1/s1. The number of hydrogen-bond acceptors (Lipinski definition) is 3. The summed E-state index contributed by atoms with van der Waals surface area (Å²) in [5.74, 6) is 0.289. The van der Waals surface area contributed by atoms with E-state index in [4.69, 9.17) is 4.74 Å². The average Bonchev–Trinajstić information content (AvgIpc) is 2.77. The number of β-lactam (4-membered cyclic amide) rings is 1. The van der Waals surface area contributed by atoms with E-state index >= 15 is 0 Å². The van der Waals surface area contributed by atoms with Gasteiger partial charge in [-0.1, -0.05) is 60.7 Å². The van der Waals surface area contributed by atoms with Crippen LogP contribution < -0.4 is 9.64 Å². The molecular formula is C25H25NO3. The van der Waals surface area contributed by atoms with E-state index in [0.717, 1.165) is 23.4 Å². The summed E-state index contributed by atoms with van der Waals surface area (Å²) >= 11 is 0. The van der Waals surface area contributed by atoms with Crippen molar-refractivity contribution in [3.63, 3.8) is 0 Å². The third kappa shape index (κ3) is 3.89. The molecule has 1 fully saturated rings. The van der Waals surface area contributed by atoms with Gasteiger partial charge in [-0.15, -0.1) is 0 Å². The third-order valence-corrected chi connectivity index (χ3v) is 5.62. The van der Waals surface area contributed by atoms with Crippen LogP contribution in [0.5, 0.6) is 5.75 Å². The smallest absolute Gasteiger partial charge is 0.235 e. The molecule has 4 heteroatoms. The zero-order valence-electron chi connectivity index (χ0n) is 16.4. The largest absolute Gasteiger partial charge is 0.497 e. The van der Waals surface area contributed by atoms with Crippen molar-refractivity contribution in [2.75, 3.05) is 12.0 Å². The highest BCUT2D eigenvalue weighted by Crippen LogP contribution is 2.46. The molecule has 0 radical (unpaired) electrons. The number of nitrogens with zero attached hydrogens (tertiary/aromatic N) is 1. The Kier molecular flexibility index (Phi) is 5.63. The minimum Gasteiger partial charge on any atom is -0.497 e. The number of aryl methyl sites for hydroxylation is 1. The van der Waals surface area contributed by atoms with Crippen molar-refractivity contribution >= 4 is 11.6 Å². The molecule has 0 spiro atoms. The zero-order valence-corrected chi connectivity index (χ0v) is 16.4. The number of anilines is 1. The van der Waals surface area contributed by atoms with E-state index in [2.05, 4.69) is 0 Å². The summed E-state index contributed by atoms with van der Waals surface area (Å²) in [6.45, 7) is 0. The van der Waals surface area contributed by atoms with Crippen molar-refractivity contribution in [1.82, 2.24) is 0 Å². The first-order valence-corrected chi connectivity index (χ1v) is 9.93. The molecule has 0 unspecified atom stereocenters. The molecule has 29 heavy (non-hydrogen) atoms. The molecule has 0 aliphatic carbocycles. The van der Waals surface area contributed by atoms with Crippen LogP contribution in [0.4, 0.5) is 5.69 Å². The highest BCUT2D eigenvalue weighted by Gasteiger charge is 2.51. The molecule has 1 amide bonds. The van der Waals surface area contributed by atoms with Crippen molar-refractivity contribution in [2.24, 2.45) is 5.92 Å². The summed E-state index contributed by atoms with van der Waals surface area (Å²) in [4.78, 5) is 14.9. The number of carbonyl (C=O) groups is 1. The molecule has 1 saturated heterocycles. The van der Waals surface area contributed by atoms with E-state index in [-0.39, 0.29) is 11.9 Å². The van der Waals surface area contributed by atoms with Gasteiger partial charge in [0.25, 0.3) is 0 Å². The van der Waals surface area contributed by atoms with Gasteiger partial charge in [0.1, 0.15) is 5.75 Å². The minimum absolute atomic E-state index is 0.0300. The highest BCUT2D eigenvalue weighted by atomic mass is 16.5. The number of methoxy groups -OCH3 is 1. The number of carbonyl (C=O) groups excluding carboxylic acids is 1. The molecule has 3 atom stereocenters. The Bertz CT molecular complexity index is 941. The molecule has 3 aromatic carbocycles. The lowest BCUT2D eigenvalue weighted by molar-refractivity contribution is -0.136. The monoisotopic (exact) mass is 387 g/mol. The van der Waals surface area contributed by atoms with Crippen molar-refractivity contribution in [1.29, 1.82) is 0 Å². The molecule has 148 valence electrons. The SMILES string of the molecule is COc1ccc([C@@H]2[C@H]([C@H](O)CCc3ccccc3)C(=O)N2c2ccccc2)cc1. The van der Waals surface area contributed by atoms with E-state index in [1.54, 1.807) is 12.0 Å². The Balaban J connectivity index is 1.58. The summed E-state index contributed by atoms with van der Waals surface area (Å²) in [5.41, 5.74) is 3.02. The first-order valence-electron chi connectivity index (χ1n) is 9.93. The van der Waals surface area contributed by atoms with Gasteiger partial charge in [0.05, 0.1) is 25.2 Å². The quantitative estimate of drug-likeness (QED) is 0.612. The Morgan fingerprint density at radius 1 is 0.931 bits per heavy atom. The lowest BCUT2D eigenvalue weighted by Gasteiger charge is -2.49. The first-order chi connectivity index (χ1) is 14.2. The van der Waals surface area contributed by atoms with Crippen LogP contribution in [0.3, 0.4) is 0 Å². The van der Waals surface area contributed by atoms with Crippen LogP contribution in [-0.2, 0) is 11.2 Å². The lowest BCUT2D eigenvalue weighted by Crippen LogP contribution is -2.59. The Labute approximate surface area is 171 Å². The van der Waals surface area contributed by atoms with Crippen LogP contribution in [-0.4, -0.2) is 24.2 Å². The Morgan fingerprint density at radius 3 is 2.17 bits per heavy atom. The van der Waals surface area contributed by atoms with Crippen LogP contribution in [0.15, 0.2) is 84.9 Å². The molecule has 1 heterocycles. The van der Waals surface area contributed by atoms with Crippen molar-refractivity contribution in [3.8, 4) is 5.75 Å². The summed E-state index contributed by atoms with van der Waals surface area (Å²) in [5, 5.41) is 10.9. The second kappa shape index (κ2) is 8.50. The molecule has 0 aromatic heterocycles. The zero-order chi connectivity index (χ0) is 20.2. The van der Waals surface area contributed by atoms with Gasteiger partial charge >= 0.3 is 0 Å². The van der Waals surface area contributed by atoms with Gasteiger partial charge in [0.15, 0.2) is 0 Å². The number of amides is 1. The van der Waals surface area contributed by atoms with E-state index in [0.29, 0.717) is 6.42 Å². The number of para-hydroxylation sites is 1. The maximum Gasteiger partial charge on any atom is 0.235 e. The van der Waals surface area contributed by atoms with E-state index < -0.39 is 12.0 Å². The number of hydrogen-bond donors (Lipinski definition) is 1. The van der Waals surface area contributed by atoms with Crippen molar-refractivity contribution in [2.45, 2.75) is 25.0 Å². The molecule has 1 aliphatic rings. The Morgan fingerprint density at radius 2 is 1.55 bits per heavy atom. The number of rotatable bonds is 7. The van der Waals surface area contributed by atoms with Gasteiger partial charge < -0.3 is 14.7 Å². The van der Waals surface area contributed by atoms with Gasteiger partial charge in [-0.2, -0.15) is 0 Å². The topological polar surface area (TPSA) is 49.8 Å². The summed E-state index contributed by atoms with van der Waals surface area (Å²) in [6, 6.07) is 27.3. The maximum absolute atomic E-state index is 13.1. The molecule has 4 nitrogen and oxygen atoms in total. The summed E-state index contributed by atoms with van der Waals surface area (Å²) in [6.07, 6.45) is 0.595. The van der Waals surface area contributed by atoms with E-state index in [9.17, 15) is 9.90 Å². The minimum atomic E-state index is -0.699. The molecule has 3 aromatic rings. The van der Waals surface area contributed by atoms with Gasteiger partial charge in [-0.3, -0.25) is 4.79 Å². The van der Waals surface area contributed by atoms with Gasteiger partial charge in [-0.25, -0.2) is 0 Å². The number of benzene rings is 3. The van der Waals surface area contributed by atoms with Gasteiger partial charge in [0, 0.05) is 5.69 Å². The molecule has 0 saturated carbocycles.